The van der Waals surface area contributed by atoms with Crippen LogP contribution in [0.15, 0.2) is 12.3 Å². The molecule has 100 valence electrons. The third kappa shape index (κ3) is 2.79. The number of ether oxygens (including phenoxy) is 1. The molecule has 1 fully saturated rings. The van der Waals surface area contributed by atoms with E-state index < -0.39 is 5.82 Å². The maximum Gasteiger partial charge on any atom is 0.171 e. The summed E-state index contributed by atoms with van der Waals surface area (Å²) in [5.41, 5.74) is 0.298. The smallest absolute Gasteiger partial charge is 0.171 e. The van der Waals surface area contributed by atoms with Crippen molar-refractivity contribution >= 4 is 5.82 Å². The Morgan fingerprint density at radius 3 is 2.83 bits per heavy atom. The van der Waals surface area contributed by atoms with Crippen LogP contribution in [-0.4, -0.2) is 35.9 Å². The first-order chi connectivity index (χ1) is 8.76. The van der Waals surface area contributed by atoms with Crippen LogP contribution >= 0.6 is 0 Å². The van der Waals surface area contributed by atoms with Crippen LogP contribution in [0, 0.1) is 5.82 Å². The summed E-state index contributed by atoms with van der Waals surface area (Å²) in [5, 5.41) is 9.05. The van der Waals surface area contributed by atoms with Crippen molar-refractivity contribution in [3.8, 4) is 0 Å². The van der Waals surface area contributed by atoms with E-state index in [2.05, 4.69) is 4.98 Å². The van der Waals surface area contributed by atoms with Gasteiger partial charge in [-0.2, -0.15) is 0 Å². The second kappa shape index (κ2) is 6.11. The Balaban J connectivity index is 2.05. The van der Waals surface area contributed by atoms with Crippen molar-refractivity contribution < 1.29 is 14.2 Å². The second-order valence-corrected chi connectivity index (χ2v) is 4.41. The van der Waals surface area contributed by atoms with Crippen molar-refractivity contribution in [3.05, 3.63) is 23.6 Å². The zero-order valence-electron chi connectivity index (χ0n) is 10.6. The topological polar surface area (TPSA) is 45.6 Å². The van der Waals surface area contributed by atoms with Gasteiger partial charge < -0.3 is 14.7 Å². The Hall–Kier alpha value is -1.20. The summed E-state index contributed by atoms with van der Waals surface area (Å²) in [5.74, 6) is -0.0636. The standard InChI is InChI=1S/C13H19FN2O2/c1-2-18-11-4-7-16(8-5-11)13-12(14)10(9-17)3-6-15-13/h3,6,11,17H,2,4-5,7-9H2,1H3. The lowest BCUT2D eigenvalue weighted by Gasteiger charge is -2.32. The van der Waals surface area contributed by atoms with E-state index in [1.165, 1.54) is 6.07 Å². The number of aliphatic hydroxyl groups excluding tert-OH is 1. The number of anilines is 1. The zero-order chi connectivity index (χ0) is 13.0. The summed E-state index contributed by atoms with van der Waals surface area (Å²) in [4.78, 5) is 6.00. The first-order valence-corrected chi connectivity index (χ1v) is 6.37. The molecule has 0 atom stereocenters. The summed E-state index contributed by atoms with van der Waals surface area (Å²) >= 11 is 0. The molecular formula is C13H19FN2O2. The number of pyridine rings is 1. The van der Waals surface area contributed by atoms with Gasteiger partial charge in [0.1, 0.15) is 0 Å². The van der Waals surface area contributed by atoms with Crippen LogP contribution in [-0.2, 0) is 11.3 Å². The van der Waals surface area contributed by atoms with Gasteiger partial charge in [-0.05, 0) is 25.8 Å². The average molecular weight is 254 g/mol. The highest BCUT2D eigenvalue weighted by molar-refractivity contribution is 5.43. The van der Waals surface area contributed by atoms with Gasteiger partial charge in [0.15, 0.2) is 11.6 Å². The van der Waals surface area contributed by atoms with Gasteiger partial charge in [0, 0.05) is 31.5 Å². The number of piperidine rings is 1. The van der Waals surface area contributed by atoms with Crippen molar-refractivity contribution in [2.24, 2.45) is 0 Å². The number of hydrogen-bond donors (Lipinski definition) is 1. The lowest BCUT2D eigenvalue weighted by Crippen LogP contribution is -2.38. The van der Waals surface area contributed by atoms with Gasteiger partial charge in [0.2, 0.25) is 0 Å². The molecule has 1 aromatic heterocycles. The van der Waals surface area contributed by atoms with Crippen LogP contribution in [0.25, 0.3) is 0 Å². The first-order valence-electron chi connectivity index (χ1n) is 6.37. The van der Waals surface area contributed by atoms with E-state index in [1.807, 2.05) is 11.8 Å². The number of hydrogen-bond acceptors (Lipinski definition) is 4. The molecule has 0 aliphatic carbocycles. The van der Waals surface area contributed by atoms with Crippen LogP contribution in [0.3, 0.4) is 0 Å². The predicted octanol–water partition coefficient (Wildman–Crippen LogP) is 1.72. The second-order valence-electron chi connectivity index (χ2n) is 4.41. The molecule has 0 saturated carbocycles. The number of aromatic nitrogens is 1. The molecule has 18 heavy (non-hydrogen) atoms. The average Bonchev–Trinajstić information content (AvgIpc) is 2.41. The van der Waals surface area contributed by atoms with Crippen molar-refractivity contribution in [2.45, 2.75) is 32.5 Å². The SMILES string of the molecule is CCOC1CCN(c2nccc(CO)c2F)CC1. The number of aliphatic hydroxyl groups is 1. The maximum absolute atomic E-state index is 14.0. The largest absolute Gasteiger partial charge is 0.392 e. The van der Waals surface area contributed by atoms with E-state index in [-0.39, 0.29) is 12.7 Å². The minimum absolute atomic E-state index is 0.273. The molecule has 0 bridgehead atoms. The Labute approximate surface area is 106 Å². The number of rotatable bonds is 4. The van der Waals surface area contributed by atoms with Crippen LogP contribution in [0.1, 0.15) is 25.3 Å². The van der Waals surface area contributed by atoms with Gasteiger partial charge in [-0.1, -0.05) is 0 Å². The van der Waals surface area contributed by atoms with Crippen molar-refractivity contribution in [3.63, 3.8) is 0 Å². The van der Waals surface area contributed by atoms with Gasteiger partial charge in [0.05, 0.1) is 12.7 Å². The lowest BCUT2D eigenvalue weighted by atomic mass is 10.1. The Kier molecular flexibility index (Phi) is 4.49. The number of halogens is 1. The predicted molar refractivity (Wildman–Crippen MR) is 67.0 cm³/mol. The van der Waals surface area contributed by atoms with Crippen molar-refractivity contribution in [2.75, 3.05) is 24.6 Å². The van der Waals surface area contributed by atoms with Crippen molar-refractivity contribution in [1.29, 1.82) is 0 Å². The van der Waals surface area contributed by atoms with E-state index in [4.69, 9.17) is 9.84 Å². The molecule has 0 aromatic carbocycles. The summed E-state index contributed by atoms with van der Waals surface area (Å²) in [6.45, 7) is 3.89. The van der Waals surface area contributed by atoms with Gasteiger partial charge >= 0.3 is 0 Å². The van der Waals surface area contributed by atoms with Crippen LogP contribution in [0.5, 0.6) is 0 Å². The third-order valence-corrected chi connectivity index (χ3v) is 3.27. The lowest BCUT2D eigenvalue weighted by molar-refractivity contribution is 0.0457. The highest BCUT2D eigenvalue weighted by atomic mass is 19.1. The Bertz CT molecular complexity index is 393. The summed E-state index contributed by atoms with van der Waals surface area (Å²) in [6.07, 6.45) is 3.59. The van der Waals surface area contributed by atoms with Crippen LogP contribution in [0.4, 0.5) is 10.2 Å². The fourth-order valence-corrected chi connectivity index (χ4v) is 2.28. The van der Waals surface area contributed by atoms with Crippen LogP contribution in [0.2, 0.25) is 0 Å². The normalized spacial score (nSPS) is 17.2. The zero-order valence-corrected chi connectivity index (χ0v) is 10.6. The third-order valence-electron chi connectivity index (χ3n) is 3.27. The van der Waals surface area contributed by atoms with Crippen molar-refractivity contribution in [1.82, 2.24) is 4.98 Å². The molecule has 2 heterocycles. The van der Waals surface area contributed by atoms with E-state index in [9.17, 15) is 4.39 Å². The van der Waals surface area contributed by atoms with Crippen LogP contribution < -0.4 is 4.90 Å². The highest BCUT2D eigenvalue weighted by Gasteiger charge is 2.23. The maximum atomic E-state index is 14.0. The van der Waals surface area contributed by atoms with E-state index in [0.29, 0.717) is 11.4 Å². The Morgan fingerprint density at radius 2 is 2.22 bits per heavy atom. The minimum Gasteiger partial charge on any atom is -0.392 e. The highest BCUT2D eigenvalue weighted by Crippen LogP contribution is 2.24. The van der Waals surface area contributed by atoms with E-state index in [0.717, 1.165) is 32.5 Å². The summed E-state index contributed by atoms with van der Waals surface area (Å²) < 4.78 is 19.6. The quantitative estimate of drug-likeness (QED) is 0.888. The first kappa shape index (κ1) is 13.2. The van der Waals surface area contributed by atoms with E-state index in [1.54, 1.807) is 6.20 Å². The molecule has 0 unspecified atom stereocenters. The molecule has 1 saturated heterocycles. The molecule has 2 rings (SSSR count). The Morgan fingerprint density at radius 1 is 1.50 bits per heavy atom. The molecule has 5 heteroatoms. The number of nitrogens with zero attached hydrogens (tertiary/aromatic N) is 2. The molecular weight excluding hydrogens is 235 g/mol. The van der Waals surface area contributed by atoms with Gasteiger partial charge in [-0.3, -0.25) is 0 Å². The molecule has 1 aliphatic rings. The molecule has 1 aromatic rings. The van der Waals surface area contributed by atoms with Gasteiger partial charge in [-0.15, -0.1) is 0 Å². The van der Waals surface area contributed by atoms with E-state index >= 15 is 0 Å². The minimum atomic E-state index is -0.408. The fourth-order valence-electron chi connectivity index (χ4n) is 2.28. The summed E-state index contributed by atoms with van der Waals surface area (Å²) in [7, 11) is 0. The molecule has 1 aliphatic heterocycles. The molecule has 4 nitrogen and oxygen atoms in total. The monoisotopic (exact) mass is 254 g/mol. The van der Waals surface area contributed by atoms with Gasteiger partial charge in [0.25, 0.3) is 0 Å². The summed E-state index contributed by atoms with van der Waals surface area (Å²) in [6, 6.07) is 1.51. The molecule has 0 spiro atoms. The molecule has 0 amide bonds. The van der Waals surface area contributed by atoms with Gasteiger partial charge in [-0.25, -0.2) is 9.37 Å². The molecule has 0 radical (unpaired) electrons. The fraction of sp³-hybridized carbons (Fsp3) is 0.615. The molecule has 1 N–H and O–H groups in total.